The van der Waals surface area contributed by atoms with E-state index in [-0.39, 0.29) is 18.9 Å². The molecule has 1 aromatic rings. The molecule has 8 heteroatoms. The predicted molar refractivity (Wildman–Crippen MR) is 114 cm³/mol. The van der Waals surface area contributed by atoms with Crippen molar-refractivity contribution in [2.24, 2.45) is 5.41 Å². The van der Waals surface area contributed by atoms with E-state index in [1.54, 1.807) is 17.9 Å². The third kappa shape index (κ3) is 2.14. The number of hydrogen-bond acceptors (Lipinski definition) is 6. The minimum Gasteiger partial charge on any atom is -0.465 e. The highest BCUT2D eigenvalue weighted by Gasteiger charge is 2.81. The molecule has 8 nitrogen and oxygen atoms in total. The van der Waals surface area contributed by atoms with Crippen LogP contribution in [0.15, 0.2) is 36.4 Å². The largest absolute Gasteiger partial charge is 0.465 e. The first-order chi connectivity index (χ1) is 15.4. The minimum atomic E-state index is -1.19. The van der Waals surface area contributed by atoms with E-state index in [4.69, 9.17) is 9.47 Å². The van der Waals surface area contributed by atoms with Crippen LogP contribution in [0.5, 0.6) is 0 Å². The predicted octanol–water partition coefficient (Wildman–Crippen LogP) is 2.73. The van der Waals surface area contributed by atoms with Crippen molar-refractivity contribution in [2.75, 3.05) is 18.6 Å². The summed E-state index contributed by atoms with van der Waals surface area (Å²) in [5.74, 6) is -0.642. The van der Waals surface area contributed by atoms with Gasteiger partial charge in [-0.2, -0.15) is 5.26 Å². The molecule has 2 aliphatic carbocycles. The lowest BCUT2D eigenvalue weighted by atomic mass is 9.52. The number of rotatable bonds is 2. The summed E-state index contributed by atoms with van der Waals surface area (Å²) in [5, 5.41) is 13.7. The zero-order valence-electron chi connectivity index (χ0n) is 18.1. The molecule has 0 bridgehead atoms. The number of nitrogens with one attached hydrogen (secondary N) is 1. The van der Waals surface area contributed by atoms with Gasteiger partial charge in [-0.3, -0.25) is 14.5 Å². The van der Waals surface area contributed by atoms with Gasteiger partial charge in [0.15, 0.2) is 0 Å². The molecule has 2 saturated carbocycles. The molecule has 4 atom stereocenters. The lowest BCUT2D eigenvalue weighted by molar-refractivity contribution is -0.164. The number of ether oxygens (including phenoxy) is 2. The number of nitriles is 1. The van der Waals surface area contributed by atoms with Gasteiger partial charge in [-0.15, -0.1) is 0 Å². The van der Waals surface area contributed by atoms with Gasteiger partial charge in [-0.05, 0) is 50.7 Å². The molecule has 2 aliphatic heterocycles. The fourth-order valence-electron chi connectivity index (χ4n) is 7.03. The topological polar surface area (TPSA) is 109 Å². The molecule has 2 fully saturated rings. The Balaban J connectivity index is 1.80. The van der Waals surface area contributed by atoms with Gasteiger partial charge in [-0.25, -0.2) is 4.79 Å². The number of nitrogens with zero attached hydrogens (tertiary/aromatic N) is 2. The van der Waals surface area contributed by atoms with Crippen molar-refractivity contribution in [1.82, 2.24) is 5.32 Å². The van der Waals surface area contributed by atoms with E-state index < -0.39 is 34.0 Å². The second-order valence-electron chi connectivity index (χ2n) is 9.16. The van der Waals surface area contributed by atoms with Crippen LogP contribution in [0, 0.1) is 16.7 Å². The average molecular weight is 435 g/mol. The number of carbonyl (C=O) groups excluding carboxylic acids is 3. The SMILES string of the molecule is CCOC(=O)[C@]12CC[C@]3(C#N)c4ccccc4N(C(=O)OC)[C@]13CC[C@]1(C=CC(=O)N1)C2. The van der Waals surface area contributed by atoms with E-state index in [9.17, 15) is 19.6 Å². The van der Waals surface area contributed by atoms with E-state index in [1.807, 2.05) is 24.3 Å². The first kappa shape index (κ1) is 20.6. The Morgan fingerprint density at radius 3 is 2.66 bits per heavy atom. The number of methoxy groups -OCH3 is 1. The zero-order chi connectivity index (χ0) is 22.8. The number of amides is 2. The maximum absolute atomic E-state index is 13.8. The van der Waals surface area contributed by atoms with Gasteiger partial charge in [0.25, 0.3) is 0 Å². The lowest BCUT2D eigenvalue weighted by Crippen LogP contribution is -2.72. The van der Waals surface area contributed by atoms with Crippen molar-refractivity contribution in [3.05, 3.63) is 42.0 Å². The molecule has 2 heterocycles. The van der Waals surface area contributed by atoms with Crippen molar-refractivity contribution in [3.63, 3.8) is 0 Å². The Bertz CT molecular complexity index is 1110. The molecule has 0 aromatic heterocycles. The van der Waals surface area contributed by atoms with E-state index in [0.29, 0.717) is 31.4 Å². The van der Waals surface area contributed by atoms with Gasteiger partial charge in [0.2, 0.25) is 5.91 Å². The van der Waals surface area contributed by atoms with Gasteiger partial charge in [0.05, 0.1) is 42.0 Å². The molecule has 2 spiro atoms. The van der Waals surface area contributed by atoms with E-state index in [1.165, 1.54) is 13.2 Å². The Kier molecular flexibility index (Phi) is 4.23. The second-order valence-corrected chi connectivity index (χ2v) is 9.16. The summed E-state index contributed by atoms with van der Waals surface area (Å²) in [4.78, 5) is 40.7. The Morgan fingerprint density at radius 1 is 1.22 bits per heavy atom. The molecule has 0 radical (unpaired) electrons. The normalized spacial score (nSPS) is 36.2. The van der Waals surface area contributed by atoms with Crippen LogP contribution in [-0.2, 0) is 24.5 Å². The quantitative estimate of drug-likeness (QED) is 0.716. The minimum absolute atomic E-state index is 0.177. The van der Waals surface area contributed by atoms with Crippen LogP contribution in [0.2, 0.25) is 0 Å². The highest BCUT2D eigenvalue weighted by atomic mass is 16.5. The first-order valence-corrected chi connectivity index (χ1v) is 10.9. The maximum atomic E-state index is 13.8. The maximum Gasteiger partial charge on any atom is 0.414 e. The lowest BCUT2D eigenvalue weighted by Gasteiger charge is -2.57. The average Bonchev–Trinajstić information content (AvgIpc) is 3.38. The molecular formula is C24H25N3O5. The van der Waals surface area contributed by atoms with Gasteiger partial charge >= 0.3 is 12.1 Å². The number of hydrogen-bond donors (Lipinski definition) is 1. The summed E-state index contributed by atoms with van der Waals surface area (Å²) in [6, 6.07) is 9.87. The molecule has 1 aromatic carbocycles. The number of para-hydroxylation sites is 1. The molecule has 0 saturated heterocycles. The molecule has 5 rings (SSSR count). The Hall–Kier alpha value is -3.34. The second kappa shape index (κ2) is 6.58. The van der Waals surface area contributed by atoms with E-state index in [2.05, 4.69) is 11.4 Å². The standard InChI is InChI=1S/C24H25N3O5/c1-3-32-19(29)22-11-12-23(15-25)16-6-4-5-7-17(16)27(20(30)31-2)24(22,23)13-10-21(14-22)9-8-18(28)26-21/h4-9H,3,10-14H2,1-2H3,(H,26,28)/t21-,22-,23+,24-/m1/s1. The first-order valence-electron chi connectivity index (χ1n) is 10.9. The summed E-state index contributed by atoms with van der Waals surface area (Å²) in [6.07, 6.45) is 4.56. The number of fused-ring (bicyclic) bond motifs is 2. The molecule has 2 amide bonds. The van der Waals surface area contributed by atoms with Crippen molar-refractivity contribution in [1.29, 1.82) is 5.26 Å². The number of benzene rings is 1. The summed E-state index contributed by atoms with van der Waals surface area (Å²) in [7, 11) is 1.30. The highest BCUT2D eigenvalue weighted by molar-refractivity contribution is 5.99. The molecular weight excluding hydrogens is 410 g/mol. The van der Waals surface area contributed by atoms with Gasteiger partial charge in [0.1, 0.15) is 5.41 Å². The van der Waals surface area contributed by atoms with Crippen molar-refractivity contribution < 1.29 is 23.9 Å². The molecule has 166 valence electrons. The van der Waals surface area contributed by atoms with Crippen molar-refractivity contribution >= 4 is 23.7 Å². The molecule has 1 N–H and O–H groups in total. The number of anilines is 1. The summed E-state index contributed by atoms with van der Waals surface area (Å²) >= 11 is 0. The third-order valence-corrected chi connectivity index (χ3v) is 8.10. The van der Waals surface area contributed by atoms with Crippen LogP contribution in [0.4, 0.5) is 10.5 Å². The number of carbonyl (C=O) groups is 3. The third-order valence-electron chi connectivity index (χ3n) is 8.10. The summed E-state index contributed by atoms with van der Waals surface area (Å²) in [6.45, 7) is 1.92. The van der Waals surface area contributed by atoms with Crippen LogP contribution >= 0.6 is 0 Å². The summed E-state index contributed by atoms with van der Waals surface area (Å²) < 4.78 is 10.8. The van der Waals surface area contributed by atoms with E-state index >= 15 is 0 Å². The van der Waals surface area contributed by atoms with Gasteiger partial charge < -0.3 is 14.8 Å². The van der Waals surface area contributed by atoms with Crippen molar-refractivity contribution in [2.45, 2.75) is 55.5 Å². The Morgan fingerprint density at radius 2 is 2.00 bits per heavy atom. The van der Waals surface area contributed by atoms with Crippen LogP contribution in [0.3, 0.4) is 0 Å². The Labute approximate surface area is 186 Å². The van der Waals surface area contributed by atoms with Crippen LogP contribution < -0.4 is 10.2 Å². The summed E-state index contributed by atoms with van der Waals surface area (Å²) in [5.41, 5.74) is -2.83. The number of esters is 1. The van der Waals surface area contributed by atoms with Crippen LogP contribution in [-0.4, -0.2) is 42.8 Å². The smallest absolute Gasteiger partial charge is 0.414 e. The zero-order valence-corrected chi connectivity index (χ0v) is 18.1. The fourth-order valence-corrected chi connectivity index (χ4v) is 7.03. The van der Waals surface area contributed by atoms with Crippen LogP contribution in [0.1, 0.15) is 44.6 Å². The van der Waals surface area contributed by atoms with Crippen molar-refractivity contribution in [3.8, 4) is 6.07 Å². The fraction of sp³-hybridized carbons (Fsp3) is 0.500. The monoisotopic (exact) mass is 435 g/mol. The molecule has 32 heavy (non-hydrogen) atoms. The van der Waals surface area contributed by atoms with Crippen LogP contribution in [0.25, 0.3) is 0 Å². The van der Waals surface area contributed by atoms with Gasteiger partial charge in [0, 0.05) is 6.08 Å². The van der Waals surface area contributed by atoms with Gasteiger partial charge in [-0.1, -0.05) is 24.3 Å². The van der Waals surface area contributed by atoms with E-state index in [0.717, 1.165) is 5.56 Å². The molecule has 0 unspecified atom stereocenters. The highest BCUT2D eigenvalue weighted by Crippen LogP contribution is 2.72. The molecule has 4 aliphatic rings.